The molecular formula is C6H16N2S2. The van der Waals surface area contributed by atoms with Crippen LogP contribution in [0.1, 0.15) is 19.8 Å². The highest BCUT2D eigenvalue weighted by Crippen LogP contribution is 1.96. The summed E-state index contributed by atoms with van der Waals surface area (Å²) in [6, 6.07) is 0. The molecule has 0 saturated heterocycles. The van der Waals surface area contributed by atoms with Gasteiger partial charge in [-0.2, -0.15) is 0 Å². The van der Waals surface area contributed by atoms with E-state index in [1.54, 1.807) is 0 Å². The summed E-state index contributed by atoms with van der Waals surface area (Å²) < 4.78 is 4.82. The first kappa shape index (κ1) is 10.6. The van der Waals surface area contributed by atoms with E-state index in [4.69, 9.17) is 0 Å². The van der Waals surface area contributed by atoms with Crippen molar-refractivity contribution in [3.63, 3.8) is 0 Å². The first-order valence-electron chi connectivity index (χ1n) is 3.62. The third-order valence-corrected chi connectivity index (χ3v) is 2.03. The molecule has 0 aromatic heterocycles. The number of thiol groups is 2. The summed E-state index contributed by atoms with van der Waals surface area (Å²) in [5, 5.41) is 0. The van der Waals surface area contributed by atoms with Crippen LogP contribution in [-0.2, 0) is 0 Å². The maximum absolute atomic E-state index is 4.23. The third-order valence-electron chi connectivity index (χ3n) is 1.32. The van der Waals surface area contributed by atoms with Crippen molar-refractivity contribution >= 4 is 25.6 Å². The van der Waals surface area contributed by atoms with E-state index in [0.717, 1.165) is 19.6 Å². The Balaban J connectivity index is 2.89. The average molecular weight is 180 g/mol. The fourth-order valence-corrected chi connectivity index (χ4v) is 0.956. The smallest absolute Gasteiger partial charge is 0.00873 e. The fraction of sp³-hybridized carbons (Fsp3) is 1.00. The Morgan fingerprint density at radius 2 is 2.10 bits per heavy atom. The maximum Gasteiger partial charge on any atom is 0.00873 e. The quantitative estimate of drug-likeness (QED) is 0.423. The minimum atomic E-state index is 0.981. The maximum atomic E-state index is 4.23. The fourth-order valence-electron chi connectivity index (χ4n) is 0.656. The molecule has 0 amide bonds. The number of nitrogens with one attached hydrogen (secondary N) is 1. The highest BCUT2D eigenvalue weighted by atomic mass is 32.1. The van der Waals surface area contributed by atoms with Crippen LogP contribution < -0.4 is 4.72 Å². The van der Waals surface area contributed by atoms with Gasteiger partial charge in [0, 0.05) is 19.6 Å². The van der Waals surface area contributed by atoms with Gasteiger partial charge in [-0.15, -0.1) is 0 Å². The van der Waals surface area contributed by atoms with E-state index < -0.39 is 0 Å². The molecule has 0 spiro atoms. The van der Waals surface area contributed by atoms with Gasteiger partial charge < -0.3 is 0 Å². The molecule has 62 valence electrons. The Hall–Kier alpha value is 0.620. The molecule has 0 aromatic rings. The van der Waals surface area contributed by atoms with Gasteiger partial charge in [-0.25, -0.2) is 0 Å². The van der Waals surface area contributed by atoms with E-state index in [1.807, 2.05) is 4.31 Å². The second-order valence-electron chi connectivity index (χ2n) is 2.16. The monoisotopic (exact) mass is 180 g/mol. The van der Waals surface area contributed by atoms with Crippen molar-refractivity contribution in [2.24, 2.45) is 0 Å². The van der Waals surface area contributed by atoms with Crippen LogP contribution in [0.3, 0.4) is 0 Å². The zero-order valence-electron chi connectivity index (χ0n) is 6.38. The van der Waals surface area contributed by atoms with Gasteiger partial charge in [-0.05, 0) is 12.8 Å². The lowest BCUT2D eigenvalue weighted by atomic mass is 10.3. The predicted molar refractivity (Wildman–Crippen MR) is 52.5 cm³/mol. The molecule has 0 heterocycles. The molecule has 10 heavy (non-hydrogen) atoms. The minimum absolute atomic E-state index is 0.981. The van der Waals surface area contributed by atoms with Crippen molar-refractivity contribution in [2.75, 3.05) is 19.6 Å². The summed E-state index contributed by atoms with van der Waals surface area (Å²) in [4.78, 5) is 0. The normalized spacial score (nSPS) is 10.8. The first-order chi connectivity index (χ1) is 4.81. The summed E-state index contributed by atoms with van der Waals surface area (Å²) in [7, 11) is 0. The van der Waals surface area contributed by atoms with E-state index >= 15 is 0 Å². The molecule has 4 heteroatoms. The van der Waals surface area contributed by atoms with Gasteiger partial charge in [0.25, 0.3) is 0 Å². The lowest BCUT2D eigenvalue weighted by molar-refractivity contribution is 0.479. The number of unbranched alkanes of at least 4 members (excludes halogenated alkanes) is 1. The van der Waals surface area contributed by atoms with Crippen LogP contribution in [0.25, 0.3) is 0 Å². The van der Waals surface area contributed by atoms with Crippen LogP contribution in [0, 0.1) is 0 Å². The molecule has 0 radical (unpaired) electrons. The molecule has 0 aliphatic heterocycles. The summed E-state index contributed by atoms with van der Waals surface area (Å²) in [5.74, 6) is 0. The molecule has 0 aromatic carbocycles. The Morgan fingerprint density at radius 1 is 1.40 bits per heavy atom. The highest BCUT2D eigenvalue weighted by molar-refractivity contribution is 7.78. The SMILES string of the molecule is CCN(S)CCCCNS. The summed E-state index contributed by atoms with van der Waals surface area (Å²) in [6.07, 6.45) is 2.35. The highest BCUT2D eigenvalue weighted by Gasteiger charge is 1.93. The van der Waals surface area contributed by atoms with Gasteiger partial charge in [0.05, 0.1) is 0 Å². The average Bonchev–Trinajstić information content (AvgIpc) is 1.98. The van der Waals surface area contributed by atoms with Gasteiger partial charge in [0.2, 0.25) is 0 Å². The lowest BCUT2D eigenvalue weighted by Gasteiger charge is -2.10. The molecule has 1 N–H and O–H groups in total. The second-order valence-corrected chi connectivity index (χ2v) is 3.04. The number of rotatable bonds is 6. The largest absolute Gasteiger partial charge is 0.267 e. The molecule has 0 aliphatic carbocycles. The van der Waals surface area contributed by atoms with E-state index in [0.29, 0.717) is 0 Å². The Labute approximate surface area is 74.5 Å². The Kier molecular flexibility index (Phi) is 8.20. The molecule has 0 unspecified atom stereocenters. The van der Waals surface area contributed by atoms with E-state index in [2.05, 4.69) is 37.3 Å². The van der Waals surface area contributed by atoms with E-state index in [9.17, 15) is 0 Å². The van der Waals surface area contributed by atoms with Crippen LogP contribution in [0.15, 0.2) is 0 Å². The molecule has 0 aliphatic rings. The minimum Gasteiger partial charge on any atom is -0.267 e. The molecule has 0 atom stereocenters. The van der Waals surface area contributed by atoms with Crippen molar-refractivity contribution in [3.05, 3.63) is 0 Å². The third kappa shape index (κ3) is 6.74. The molecule has 0 rings (SSSR count). The van der Waals surface area contributed by atoms with E-state index in [1.165, 1.54) is 12.8 Å². The van der Waals surface area contributed by atoms with Crippen molar-refractivity contribution in [3.8, 4) is 0 Å². The lowest BCUT2D eigenvalue weighted by Crippen LogP contribution is -2.14. The summed E-state index contributed by atoms with van der Waals surface area (Å²) in [5.41, 5.74) is 0. The zero-order chi connectivity index (χ0) is 7.82. The Bertz CT molecular complexity index is 70.8. The second kappa shape index (κ2) is 7.72. The van der Waals surface area contributed by atoms with Crippen LogP contribution in [0.5, 0.6) is 0 Å². The van der Waals surface area contributed by atoms with Gasteiger partial charge in [-0.1, -0.05) is 32.6 Å². The van der Waals surface area contributed by atoms with Crippen molar-refractivity contribution < 1.29 is 0 Å². The molecule has 0 fully saturated rings. The summed E-state index contributed by atoms with van der Waals surface area (Å²) in [6.45, 7) is 5.16. The zero-order valence-corrected chi connectivity index (χ0v) is 8.17. The van der Waals surface area contributed by atoms with Crippen LogP contribution in [-0.4, -0.2) is 23.9 Å². The number of hydrogen-bond acceptors (Lipinski definition) is 4. The summed E-state index contributed by atoms with van der Waals surface area (Å²) >= 11 is 8.11. The van der Waals surface area contributed by atoms with Crippen LogP contribution in [0.2, 0.25) is 0 Å². The van der Waals surface area contributed by atoms with Gasteiger partial charge >= 0.3 is 0 Å². The Morgan fingerprint density at radius 3 is 2.60 bits per heavy atom. The van der Waals surface area contributed by atoms with Crippen molar-refractivity contribution in [1.29, 1.82) is 0 Å². The first-order valence-corrected chi connectivity index (χ1v) is 4.46. The molecule has 2 nitrogen and oxygen atoms in total. The van der Waals surface area contributed by atoms with Crippen LogP contribution >= 0.6 is 25.6 Å². The number of nitrogens with zero attached hydrogens (tertiary/aromatic N) is 1. The number of hydrogen-bond donors (Lipinski definition) is 3. The van der Waals surface area contributed by atoms with Gasteiger partial charge in [-0.3, -0.25) is 9.03 Å². The van der Waals surface area contributed by atoms with Gasteiger partial charge in [0.1, 0.15) is 0 Å². The van der Waals surface area contributed by atoms with E-state index in [-0.39, 0.29) is 0 Å². The van der Waals surface area contributed by atoms with Crippen molar-refractivity contribution in [2.45, 2.75) is 19.8 Å². The van der Waals surface area contributed by atoms with Crippen LogP contribution in [0.4, 0.5) is 0 Å². The van der Waals surface area contributed by atoms with Gasteiger partial charge in [0.15, 0.2) is 0 Å². The molecule has 0 bridgehead atoms. The molecule has 0 saturated carbocycles. The predicted octanol–water partition coefficient (Wildman–Crippen LogP) is 1.37. The standard InChI is InChI=1S/C6H16N2S2/c1-2-8(10)6-4-3-5-7-9/h7,9-10H,2-6H2,1H3. The molecular weight excluding hydrogens is 164 g/mol. The topological polar surface area (TPSA) is 15.3 Å². The van der Waals surface area contributed by atoms with Crippen molar-refractivity contribution in [1.82, 2.24) is 9.03 Å².